The van der Waals surface area contributed by atoms with E-state index in [1.807, 2.05) is 12.1 Å². The molecule has 0 aliphatic heterocycles. The zero-order chi connectivity index (χ0) is 6.41. The van der Waals surface area contributed by atoms with Crippen molar-refractivity contribution in [3.05, 3.63) is 23.1 Å². The SMILES string of the molecule is Brc1ccco1.CO. The first-order valence-corrected chi connectivity index (χ1v) is 2.82. The highest BCUT2D eigenvalue weighted by molar-refractivity contribution is 9.10. The molecule has 0 aromatic carbocycles. The molecule has 1 N–H and O–H groups in total. The van der Waals surface area contributed by atoms with Crippen LogP contribution in [-0.2, 0) is 0 Å². The van der Waals surface area contributed by atoms with Crippen LogP contribution in [-0.4, -0.2) is 12.2 Å². The molecule has 8 heavy (non-hydrogen) atoms. The van der Waals surface area contributed by atoms with Crippen LogP contribution in [0, 0.1) is 0 Å². The molecule has 0 fully saturated rings. The van der Waals surface area contributed by atoms with Gasteiger partial charge in [0.15, 0.2) is 4.67 Å². The minimum absolute atomic E-state index is 0.780. The maximum absolute atomic E-state index is 7.00. The molecule has 0 radical (unpaired) electrons. The van der Waals surface area contributed by atoms with Crippen LogP contribution in [0.5, 0.6) is 0 Å². The molecule has 0 saturated heterocycles. The van der Waals surface area contributed by atoms with E-state index in [1.165, 1.54) is 0 Å². The largest absolute Gasteiger partial charge is 0.458 e. The number of aliphatic hydroxyl groups excluding tert-OH is 1. The highest BCUT2D eigenvalue weighted by atomic mass is 79.9. The van der Waals surface area contributed by atoms with Gasteiger partial charge in [0.2, 0.25) is 0 Å². The molecular weight excluding hydrogens is 172 g/mol. The Morgan fingerprint density at radius 1 is 1.62 bits per heavy atom. The van der Waals surface area contributed by atoms with E-state index in [-0.39, 0.29) is 0 Å². The van der Waals surface area contributed by atoms with E-state index in [0.29, 0.717) is 0 Å². The van der Waals surface area contributed by atoms with Gasteiger partial charge in [0.05, 0.1) is 6.26 Å². The molecule has 0 amide bonds. The summed E-state index contributed by atoms with van der Waals surface area (Å²) in [6.07, 6.45) is 1.62. The molecule has 1 aromatic rings. The molecular formula is C5H7BrO2. The maximum Gasteiger partial charge on any atom is 0.168 e. The molecule has 1 aromatic heterocycles. The molecule has 0 aliphatic carbocycles. The molecule has 1 heterocycles. The van der Waals surface area contributed by atoms with Crippen LogP contribution in [0.3, 0.4) is 0 Å². The van der Waals surface area contributed by atoms with Crippen LogP contribution < -0.4 is 0 Å². The van der Waals surface area contributed by atoms with Crippen LogP contribution in [0.4, 0.5) is 0 Å². The monoisotopic (exact) mass is 178 g/mol. The lowest BCUT2D eigenvalue weighted by molar-refractivity contribution is 0.399. The van der Waals surface area contributed by atoms with E-state index in [9.17, 15) is 0 Å². The normalized spacial score (nSPS) is 7.38. The molecule has 0 unspecified atom stereocenters. The zero-order valence-electron chi connectivity index (χ0n) is 4.47. The van der Waals surface area contributed by atoms with Gasteiger partial charge in [-0.15, -0.1) is 0 Å². The summed E-state index contributed by atoms with van der Waals surface area (Å²) in [5.41, 5.74) is 0. The second kappa shape index (κ2) is 4.87. The fourth-order valence-electron chi connectivity index (χ4n) is 0.259. The third-order valence-electron chi connectivity index (χ3n) is 0.486. The molecule has 1 rings (SSSR count). The summed E-state index contributed by atoms with van der Waals surface area (Å²) in [6, 6.07) is 3.66. The summed E-state index contributed by atoms with van der Waals surface area (Å²) in [6.45, 7) is 0. The van der Waals surface area contributed by atoms with E-state index >= 15 is 0 Å². The Hall–Kier alpha value is -0.280. The summed E-state index contributed by atoms with van der Waals surface area (Å²) in [7, 11) is 1.00. The lowest BCUT2D eigenvalue weighted by atomic mass is 10.7. The van der Waals surface area contributed by atoms with Crippen molar-refractivity contribution in [2.75, 3.05) is 7.11 Å². The van der Waals surface area contributed by atoms with Crippen LogP contribution in [0.1, 0.15) is 0 Å². The van der Waals surface area contributed by atoms with Gasteiger partial charge in [0, 0.05) is 7.11 Å². The van der Waals surface area contributed by atoms with E-state index in [1.54, 1.807) is 6.26 Å². The van der Waals surface area contributed by atoms with Gasteiger partial charge in [0.1, 0.15) is 0 Å². The average molecular weight is 179 g/mol. The standard InChI is InChI=1S/C4H3BrO.CH4O/c5-4-2-1-3-6-4;1-2/h1-3H;2H,1H3. The average Bonchev–Trinajstić information content (AvgIpc) is 2.24. The van der Waals surface area contributed by atoms with Crippen molar-refractivity contribution in [3.63, 3.8) is 0 Å². The number of hydrogen-bond donors (Lipinski definition) is 1. The highest BCUT2D eigenvalue weighted by Crippen LogP contribution is 2.06. The summed E-state index contributed by atoms with van der Waals surface area (Å²) in [5, 5.41) is 7.00. The fraction of sp³-hybridized carbons (Fsp3) is 0.200. The van der Waals surface area contributed by atoms with E-state index in [4.69, 9.17) is 9.52 Å². The first-order valence-electron chi connectivity index (χ1n) is 2.03. The summed E-state index contributed by atoms with van der Waals surface area (Å²) in [4.78, 5) is 0. The number of hydrogen-bond acceptors (Lipinski definition) is 2. The van der Waals surface area contributed by atoms with Gasteiger partial charge in [-0.1, -0.05) is 0 Å². The fourth-order valence-corrected chi connectivity index (χ4v) is 0.519. The lowest BCUT2D eigenvalue weighted by Gasteiger charge is -1.66. The third kappa shape index (κ3) is 2.82. The van der Waals surface area contributed by atoms with Crippen molar-refractivity contribution in [2.45, 2.75) is 0 Å². The quantitative estimate of drug-likeness (QED) is 0.656. The van der Waals surface area contributed by atoms with Crippen LogP contribution in [0.25, 0.3) is 0 Å². The van der Waals surface area contributed by atoms with Crippen molar-refractivity contribution in [2.24, 2.45) is 0 Å². The molecule has 0 atom stereocenters. The smallest absolute Gasteiger partial charge is 0.168 e. The van der Waals surface area contributed by atoms with Crippen molar-refractivity contribution < 1.29 is 9.52 Å². The first kappa shape index (κ1) is 7.72. The maximum atomic E-state index is 7.00. The molecule has 0 saturated carbocycles. The molecule has 0 bridgehead atoms. The topological polar surface area (TPSA) is 33.4 Å². The van der Waals surface area contributed by atoms with Crippen molar-refractivity contribution in [1.82, 2.24) is 0 Å². The number of rotatable bonds is 0. The summed E-state index contributed by atoms with van der Waals surface area (Å²) >= 11 is 3.11. The van der Waals surface area contributed by atoms with Gasteiger partial charge in [-0.2, -0.15) is 0 Å². The Morgan fingerprint density at radius 2 is 2.25 bits per heavy atom. The van der Waals surface area contributed by atoms with Crippen molar-refractivity contribution in [1.29, 1.82) is 0 Å². The Balaban J connectivity index is 0.000000222. The summed E-state index contributed by atoms with van der Waals surface area (Å²) < 4.78 is 5.53. The predicted octanol–water partition coefficient (Wildman–Crippen LogP) is 1.65. The van der Waals surface area contributed by atoms with E-state index < -0.39 is 0 Å². The zero-order valence-corrected chi connectivity index (χ0v) is 6.05. The minimum atomic E-state index is 0.780. The highest BCUT2D eigenvalue weighted by Gasteiger charge is 1.78. The van der Waals surface area contributed by atoms with Gasteiger partial charge in [-0.05, 0) is 28.1 Å². The van der Waals surface area contributed by atoms with Crippen LogP contribution >= 0.6 is 15.9 Å². The Morgan fingerprint density at radius 3 is 2.38 bits per heavy atom. The van der Waals surface area contributed by atoms with Gasteiger partial charge in [-0.25, -0.2) is 0 Å². The lowest BCUT2D eigenvalue weighted by Crippen LogP contribution is -1.35. The van der Waals surface area contributed by atoms with Gasteiger partial charge in [-0.3, -0.25) is 0 Å². The van der Waals surface area contributed by atoms with Gasteiger partial charge in [0.25, 0.3) is 0 Å². The molecule has 3 heteroatoms. The van der Waals surface area contributed by atoms with Crippen molar-refractivity contribution in [3.8, 4) is 0 Å². The predicted molar refractivity (Wildman–Crippen MR) is 34.6 cm³/mol. The van der Waals surface area contributed by atoms with Crippen LogP contribution in [0.15, 0.2) is 27.5 Å². The number of halogens is 1. The van der Waals surface area contributed by atoms with Gasteiger partial charge >= 0.3 is 0 Å². The molecule has 0 spiro atoms. The van der Waals surface area contributed by atoms with Crippen molar-refractivity contribution >= 4 is 15.9 Å². The molecule has 2 nitrogen and oxygen atoms in total. The number of furan rings is 1. The molecule has 0 aliphatic rings. The molecule has 46 valence electrons. The Bertz CT molecular complexity index is 114. The van der Waals surface area contributed by atoms with Crippen LogP contribution in [0.2, 0.25) is 0 Å². The first-order chi connectivity index (χ1) is 3.89. The third-order valence-corrected chi connectivity index (χ3v) is 0.938. The Kier molecular flexibility index (Phi) is 4.70. The summed E-state index contributed by atoms with van der Waals surface area (Å²) in [5.74, 6) is 0. The van der Waals surface area contributed by atoms with E-state index in [0.717, 1.165) is 11.8 Å². The Labute approximate surface area is 56.3 Å². The second-order valence-corrected chi connectivity index (χ2v) is 1.70. The van der Waals surface area contributed by atoms with Gasteiger partial charge < -0.3 is 9.52 Å². The number of aliphatic hydroxyl groups is 1. The second-order valence-electron chi connectivity index (χ2n) is 0.917. The minimum Gasteiger partial charge on any atom is -0.458 e. The van der Waals surface area contributed by atoms with E-state index in [2.05, 4.69) is 15.9 Å².